The number of rotatable bonds is 3. The molecule has 1 amide bonds. The number of hydrogen-bond donors (Lipinski definition) is 1. The number of nitrogens with zero attached hydrogens (tertiary/aromatic N) is 2. The first-order chi connectivity index (χ1) is 9.94. The number of carboxylic acid groups (broad SMARTS) is 1. The molecule has 3 rings (SSSR count). The minimum Gasteiger partial charge on any atom is -0.481 e. The smallest absolute Gasteiger partial charge is 0.324 e. The Bertz CT molecular complexity index is 628. The van der Waals surface area contributed by atoms with E-state index in [4.69, 9.17) is 0 Å². The van der Waals surface area contributed by atoms with Gasteiger partial charge < -0.3 is 10.0 Å². The van der Waals surface area contributed by atoms with E-state index >= 15 is 0 Å². The molecule has 1 aromatic heterocycles. The van der Waals surface area contributed by atoms with Gasteiger partial charge in [-0.25, -0.2) is 0 Å². The lowest BCUT2D eigenvalue weighted by Crippen LogP contribution is -2.37. The molecule has 0 bridgehead atoms. The van der Waals surface area contributed by atoms with Gasteiger partial charge in [0, 0.05) is 19.2 Å². The summed E-state index contributed by atoms with van der Waals surface area (Å²) in [6.45, 7) is 0.633. The van der Waals surface area contributed by atoms with Gasteiger partial charge in [-0.2, -0.15) is 0 Å². The van der Waals surface area contributed by atoms with E-state index in [2.05, 4.69) is 0 Å². The first-order valence-corrected chi connectivity index (χ1v) is 7.52. The second-order valence-electron chi connectivity index (χ2n) is 5.63. The highest BCUT2D eigenvalue weighted by molar-refractivity contribution is 7.17. The minimum atomic E-state index is -0.836. The van der Waals surface area contributed by atoms with Gasteiger partial charge in [-0.15, -0.1) is 0 Å². The molecule has 2 atom stereocenters. The Morgan fingerprint density at radius 3 is 2.81 bits per heavy atom. The lowest BCUT2D eigenvalue weighted by molar-refractivity contribution is -0.380. The lowest BCUT2D eigenvalue weighted by atomic mass is 9.81. The van der Waals surface area contributed by atoms with Crippen LogP contribution in [0.25, 0.3) is 0 Å². The fourth-order valence-corrected chi connectivity index (χ4v) is 4.28. The van der Waals surface area contributed by atoms with Crippen LogP contribution >= 0.6 is 11.3 Å². The van der Waals surface area contributed by atoms with Crippen LogP contribution < -0.4 is 0 Å². The molecule has 2 aliphatic rings. The van der Waals surface area contributed by atoms with E-state index in [-0.39, 0.29) is 23.4 Å². The van der Waals surface area contributed by atoms with Crippen molar-refractivity contribution < 1.29 is 19.6 Å². The molecule has 0 spiro atoms. The van der Waals surface area contributed by atoms with Crippen molar-refractivity contribution in [1.82, 2.24) is 4.90 Å². The van der Waals surface area contributed by atoms with E-state index in [1.54, 1.807) is 0 Å². The summed E-state index contributed by atoms with van der Waals surface area (Å²) in [5, 5.41) is 20.1. The Morgan fingerprint density at radius 2 is 2.24 bits per heavy atom. The molecule has 1 N–H and O–H groups in total. The van der Waals surface area contributed by atoms with E-state index in [0.29, 0.717) is 17.8 Å². The Hall–Kier alpha value is -1.96. The number of thiophene rings is 1. The van der Waals surface area contributed by atoms with Crippen molar-refractivity contribution in [3.8, 4) is 0 Å². The Morgan fingerprint density at radius 1 is 1.48 bits per heavy atom. The number of nitro groups is 1. The van der Waals surface area contributed by atoms with Crippen molar-refractivity contribution in [2.75, 3.05) is 13.1 Å². The highest BCUT2D eigenvalue weighted by Gasteiger charge is 2.55. The van der Waals surface area contributed by atoms with E-state index in [0.717, 1.165) is 24.2 Å². The van der Waals surface area contributed by atoms with Crippen LogP contribution in [0.3, 0.4) is 0 Å². The third kappa shape index (κ3) is 2.10. The quantitative estimate of drug-likeness (QED) is 0.679. The molecule has 0 unspecified atom stereocenters. The summed E-state index contributed by atoms with van der Waals surface area (Å²) in [5.74, 6) is -1.14. The predicted octanol–water partition coefficient (Wildman–Crippen LogP) is 1.98. The molecule has 1 saturated carbocycles. The zero-order valence-corrected chi connectivity index (χ0v) is 12.0. The van der Waals surface area contributed by atoms with Gasteiger partial charge in [-0.3, -0.25) is 19.7 Å². The Balaban J connectivity index is 1.81. The fraction of sp³-hybridized carbons (Fsp3) is 0.538. The van der Waals surface area contributed by atoms with Crippen LogP contribution in [0.2, 0.25) is 0 Å². The molecule has 1 aromatic rings. The van der Waals surface area contributed by atoms with Gasteiger partial charge >= 0.3 is 11.0 Å². The molecule has 2 heterocycles. The van der Waals surface area contributed by atoms with Crippen molar-refractivity contribution in [2.45, 2.75) is 19.3 Å². The standard InChI is InChI=1S/C13H14N2O5S/c16-11(9-3-4-10(21-9)15(19)20)14-6-8-2-1-5-13(8,7-14)12(17)18/h3-4,8H,1-2,5-7H2,(H,17,18)/t8-,13+/m0/s1. The van der Waals surface area contributed by atoms with E-state index in [9.17, 15) is 24.8 Å². The number of hydrogen-bond acceptors (Lipinski definition) is 5. The summed E-state index contributed by atoms with van der Waals surface area (Å²) in [6.07, 6.45) is 2.30. The first kappa shape index (κ1) is 14.0. The van der Waals surface area contributed by atoms with Crippen LogP contribution in [0.4, 0.5) is 5.00 Å². The molecule has 0 radical (unpaired) electrons. The fourth-order valence-electron chi connectivity index (χ4n) is 3.49. The third-order valence-corrected chi connectivity index (χ3v) is 5.59. The summed E-state index contributed by atoms with van der Waals surface area (Å²) in [6, 6.07) is 2.74. The average Bonchev–Trinajstić information content (AvgIpc) is 3.11. The predicted molar refractivity (Wildman–Crippen MR) is 74.3 cm³/mol. The number of amides is 1. The monoisotopic (exact) mass is 310 g/mol. The molecule has 2 fully saturated rings. The largest absolute Gasteiger partial charge is 0.481 e. The highest BCUT2D eigenvalue weighted by atomic mass is 32.1. The van der Waals surface area contributed by atoms with Crippen molar-refractivity contribution in [2.24, 2.45) is 11.3 Å². The van der Waals surface area contributed by atoms with Gasteiger partial charge in [-0.05, 0) is 24.8 Å². The number of carbonyl (C=O) groups excluding carboxylic acids is 1. The van der Waals surface area contributed by atoms with Gasteiger partial charge in [0.2, 0.25) is 0 Å². The van der Waals surface area contributed by atoms with Crippen LogP contribution in [0.15, 0.2) is 12.1 Å². The topological polar surface area (TPSA) is 101 Å². The average molecular weight is 310 g/mol. The van der Waals surface area contributed by atoms with Gasteiger partial charge in [0.05, 0.1) is 15.2 Å². The molecule has 21 heavy (non-hydrogen) atoms. The summed E-state index contributed by atoms with van der Waals surface area (Å²) in [5.41, 5.74) is -0.821. The second kappa shape index (κ2) is 4.80. The first-order valence-electron chi connectivity index (χ1n) is 6.71. The molecular weight excluding hydrogens is 296 g/mol. The molecule has 0 aromatic carbocycles. The van der Waals surface area contributed by atoms with Crippen molar-refractivity contribution >= 4 is 28.2 Å². The molecule has 112 valence electrons. The molecule has 1 aliphatic heterocycles. The SMILES string of the molecule is O=C(c1ccc([N+](=O)[O-])s1)N1C[C@@H]2CCC[C@@]2(C(=O)O)C1. The molecule has 1 saturated heterocycles. The summed E-state index contributed by atoms with van der Waals surface area (Å²) in [4.78, 5) is 35.9. The zero-order valence-electron chi connectivity index (χ0n) is 11.2. The number of carboxylic acids is 1. The maximum Gasteiger partial charge on any atom is 0.324 e. The van der Waals surface area contributed by atoms with E-state index in [1.165, 1.54) is 17.0 Å². The number of fused-ring (bicyclic) bond motifs is 1. The Labute approximate surface area is 124 Å². The summed E-state index contributed by atoms with van der Waals surface area (Å²) >= 11 is 0.834. The van der Waals surface area contributed by atoms with Crippen LogP contribution in [-0.2, 0) is 4.79 Å². The molecule has 8 heteroatoms. The number of carbonyl (C=O) groups is 2. The van der Waals surface area contributed by atoms with E-state index in [1.807, 2.05) is 0 Å². The maximum atomic E-state index is 12.4. The molecule has 7 nitrogen and oxygen atoms in total. The number of likely N-dealkylation sites (tertiary alicyclic amines) is 1. The van der Waals surface area contributed by atoms with E-state index < -0.39 is 16.3 Å². The highest BCUT2D eigenvalue weighted by Crippen LogP contribution is 2.49. The van der Waals surface area contributed by atoms with Crippen molar-refractivity contribution in [3.05, 3.63) is 27.1 Å². The normalized spacial score (nSPS) is 27.6. The van der Waals surface area contributed by atoms with Crippen LogP contribution in [0, 0.1) is 21.4 Å². The van der Waals surface area contributed by atoms with Gasteiger partial charge in [0.15, 0.2) is 0 Å². The summed E-state index contributed by atoms with van der Waals surface area (Å²) < 4.78 is 0. The minimum absolute atomic E-state index is 0.00565. The summed E-state index contributed by atoms with van der Waals surface area (Å²) in [7, 11) is 0. The van der Waals surface area contributed by atoms with Crippen LogP contribution in [-0.4, -0.2) is 39.9 Å². The second-order valence-corrected chi connectivity index (χ2v) is 6.69. The van der Waals surface area contributed by atoms with Gasteiger partial charge in [0.1, 0.15) is 0 Å². The Kier molecular flexibility index (Phi) is 3.20. The zero-order chi connectivity index (χ0) is 15.2. The van der Waals surface area contributed by atoms with Crippen molar-refractivity contribution in [3.63, 3.8) is 0 Å². The van der Waals surface area contributed by atoms with Crippen LogP contribution in [0.1, 0.15) is 28.9 Å². The lowest BCUT2D eigenvalue weighted by Gasteiger charge is -2.23. The molecular formula is C13H14N2O5S. The van der Waals surface area contributed by atoms with Gasteiger partial charge in [0.25, 0.3) is 5.91 Å². The third-order valence-electron chi connectivity index (χ3n) is 4.57. The number of aliphatic carboxylic acids is 1. The van der Waals surface area contributed by atoms with Crippen LogP contribution in [0.5, 0.6) is 0 Å². The maximum absolute atomic E-state index is 12.4. The molecule has 1 aliphatic carbocycles. The van der Waals surface area contributed by atoms with Crippen molar-refractivity contribution in [1.29, 1.82) is 0 Å². The van der Waals surface area contributed by atoms with Gasteiger partial charge in [-0.1, -0.05) is 17.8 Å².